The number of carbonyl (C=O) groups excluding carboxylic acids is 1. The molecule has 0 aliphatic rings. The van der Waals surface area contributed by atoms with Gasteiger partial charge in [-0.25, -0.2) is 9.59 Å². The maximum atomic E-state index is 11.7. The number of benzene rings is 1. The number of anilines is 1. The van der Waals surface area contributed by atoms with Gasteiger partial charge < -0.3 is 20.4 Å². The van der Waals surface area contributed by atoms with Crippen LogP contribution in [-0.4, -0.2) is 40.2 Å². The number of para-hydroxylation sites is 1. The van der Waals surface area contributed by atoms with Crippen LogP contribution in [0.3, 0.4) is 0 Å². The molecule has 0 bridgehead atoms. The van der Waals surface area contributed by atoms with Gasteiger partial charge in [-0.1, -0.05) is 6.07 Å². The summed E-state index contributed by atoms with van der Waals surface area (Å²) in [6.07, 6.45) is 0. The van der Waals surface area contributed by atoms with Gasteiger partial charge in [-0.15, -0.1) is 0 Å². The summed E-state index contributed by atoms with van der Waals surface area (Å²) in [7, 11) is 1.61. The van der Waals surface area contributed by atoms with Gasteiger partial charge in [-0.2, -0.15) is 0 Å². The fourth-order valence-electron chi connectivity index (χ4n) is 1.25. The number of amides is 2. The largest absolute Gasteiger partial charge is 0.505 e. The Balaban J connectivity index is 2.96. The van der Waals surface area contributed by atoms with Gasteiger partial charge in [-0.05, 0) is 26.0 Å². The first-order valence-corrected chi connectivity index (χ1v) is 5.43. The van der Waals surface area contributed by atoms with E-state index >= 15 is 0 Å². The van der Waals surface area contributed by atoms with Gasteiger partial charge in [0.25, 0.3) is 0 Å². The smallest absolute Gasteiger partial charge is 0.339 e. The van der Waals surface area contributed by atoms with Crippen molar-refractivity contribution in [3.63, 3.8) is 0 Å². The SMILES string of the molecule is CC(C)N(C)C(=O)Nc1cccc(C(=O)O)c1O. The molecule has 0 spiro atoms. The Labute approximate surface area is 105 Å². The molecular weight excluding hydrogens is 236 g/mol. The van der Waals surface area contributed by atoms with E-state index in [1.807, 2.05) is 13.8 Å². The third-order valence-electron chi connectivity index (χ3n) is 2.60. The molecule has 3 N–H and O–H groups in total. The van der Waals surface area contributed by atoms with E-state index in [1.54, 1.807) is 7.05 Å². The van der Waals surface area contributed by atoms with Crippen LogP contribution in [0.25, 0.3) is 0 Å². The second-order valence-corrected chi connectivity index (χ2v) is 4.14. The number of aromatic carboxylic acids is 1. The lowest BCUT2D eigenvalue weighted by molar-refractivity contribution is 0.0693. The molecule has 1 aromatic rings. The molecule has 2 amide bonds. The minimum atomic E-state index is -1.25. The van der Waals surface area contributed by atoms with Crippen molar-refractivity contribution in [2.75, 3.05) is 12.4 Å². The Kier molecular flexibility index (Phi) is 4.14. The van der Waals surface area contributed by atoms with Gasteiger partial charge in [0.1, 0.15) is 5.56 Å². The molecule has 0 saturated heterocycles. The van der Waals surface area contributed by atoms with Crippen molar-refractivity contribution < 1.29 is 19.8 Å². The maximum absolute atomic E-state index is 11.7. The lowest BCUT2D eigenvalue weighted by Gasteiger charge is -2.22. The van der Waals surface area contributed by atoms with E-state index in [-0.39, 0.29) is 17.3 Å². The van der Waals surface area contributed by atoms with Crippen molar-refractivity contribution >= 4 is 17.7 Å². The molecule has 1 rings (SSSR count). The summed E-state index contributed by atoms with van der Waals surface area (Å²) in [5.41, 5.74) is -0.174. The van der Waals surface area contributed by atoms with Crippen LogP contribution in [-0.2, 0) is 0 Å². The van der Waals surface area contributed by atoms with Crippen molar-refractivity contribution in [3.05, 3.63) is 23.8 Å². The zero-order chi connectivity index (χ0) is 13.9. The summed E-state index contributed by atoms with van der Waals surface area (Å²) in [5.74, 6) is -1.70. The average Bonchev–Trinajstić information content (AvgIpc) is 2.30. The van der Waals surface area contributed by atoms with Crippen LogP contribution >= 0.6 is 0 Å². The van der Waals surface area contributed by atoms with Crippen LogP contribution < -0.4 is 5.32 Å². The molecule has 98 valence electrons. The minimum absolute atomic E-state index is 0.00482. The third kappa shape index (κ3) is 2.91. The highest BCUT2D eigenvalue weighted by molar-refractivity contribution is 5.97. The van der Waals surface area contributed by atoms with Crippen molar-refractivity contribution in [2.24, 2.45) is 0 Å². The van der Waals surface area contributed by atoms with Crippen molar-refractivity contribution in [1.29, 1.82) is 0 Å². The Morgan fingerprint density at radius 1 is 1.33 bits per heavy atom. The number of carbonyl (C=O) groups is 2. The third-order valence-corrected chi connectivity index (χ3v) is 2.60. The second kappa shape index (κ2) is 5.39. The fraction of sp³-hybridized carbons (Fsp3) is 0.333. The molecule has 0 atom stereocenters. The molecule has 0 aromatic heterocycles. The molecule has 0 aliphatic heterocycles. The number of carboxylic acids is 1. The lowest BCUT2D eigenvalue weighted by atomic mass is 10.1. The molecule has 6 heteroatoms. The van der Waals surface area contributed by atoms with Crippen molar-refractivity contribution in [3.8, 4) is 5.75 Å². The molecule has 6 nitrogen and oxygen atoms in total. The van der Waals surface area contributed by atoms with E-state index in [0.29, 0.717) is 0 Å². The van der Waals surface area contributed by atoms with E-state index < -0.39 is 17.7 Å². The van der Waals surface area contributed by atoms with Crippen LogP contribution in [0.2, 0.25) is 0 Å². The second-order valence-electron chi connectivity index (χ2n) is 4.14. The van der Waals surface area contributed by atoms with Crippen LogP contribution in [0, 0.1) is 0 Å². The summed E-state index contributed by atoms with van der Waals surface area (Å²) in [6, 6.07) is 3.74. The summed E-state index contributed by atoms with van der Waals surface area (Å²) < 4.78 is 0. The minimum Gasteiger partial charge on any atom is -0.505 e. The normalized spacial score (nSPS) is 10.2. The highest BCUT2D eigenvalue weighted by Gasteiger charge is 2.17. The highest BCUT2D eigenvalue weighted by Crippen LogP contribution is 2.27. The van der Waals surface area contributed by atoms with Gasteiger partial charge in [-0.3, -0.25) is 0 Å². The fourth-order valence-corrected chi connectivity index (χ4v) is 1.25. The Morgan fingerprint density at radius 2 is 1.94 bits per heavy atom. The Morgan fingerprint density at radius 3 is 2.44 bits per heavy atom. The molecule has 0 aliphatic carbocycles. The summed E-state index contributed by atoms with van der Waals surface area (Å²) in [6.45, 7) is 3.68. The number of rotatable bonds is 3. The predicted octanol–water partition coefficient (Wildman–Crippen LogP) is 1.96. The highest BCUT2D eigenvalue weighted by atomic mass is 16.4. The van der Waals surface area contributed by atoms with E-state index in [0.717, 1.165) is 0 Å². The monoisotopic (exact) mass is 252 g/mol. The van der Waals surface area contributed by atoms with Crippen molar-refractivity contribution in [1.82, 2.24) is 4.90 Å². The van der Waals surface area contributed by atoms with E-state index in [4.69, 9.17) is 5.11 Å². The first kappa shape index (κ1) is 13.8. The number of hydrogen-bond donors (Lipinski definition) is 3. The van der Waals surface area contributed by atoms with Crippen LogP contribution in [0.4, 0.5) is 10.5 Å². The number of phenols is 1. The Bertz CT molecular complexity index is 471. The number of hydrogen-bond acceptors (Lipinski definition) is 3. The molecule has 0 radical (unpaired) electrons. The lowest BCUT2D eigenvalue weighted by Crippen LogP contribution is -2.36. The maximum Gasteiger partial charge on any atom is 0.339 e. The number of carboxylic acid groups (broad SMARTS) is 1. The topological polar surface area (TPSA) is 89.9 Å². The van der Waals surface area contributed by atoms with Gasteiger partial charge in [0.05, 0.1) is 5.69 Å². The molecule has 0 saturated carbocycles. The summed E-state index contributed by atoms with van der Waals surface area (Å²) in [5, 5.41) is 21.0. The zero-order valence-corrected chi connectivity index (χ0v) is 10.5. The van der Waals surface area contributed by atoms with Crippen molar-refractivity contribution in [2.45, 2.75) is 19.9 Å². The molecule has 0 heterocycles. The molecule has 0 unspecified atom stereocenters. The average molecular weight is 252 g/mol. The summed E-state index contributed by atoms with van der Waals surface area (Å²) in [4.78, 5) is 24.0. The zero-order valence-electron chi connectivity index (χ0n) is 10.5. The number of aromatic hydroxyl groups is 1. The molecular formula is C12H16N2O4. The van der Waals surface area contributed by atoms with Crippen LogP contribution in [0.5, 0.6) is 5.75 Å². The van der Waals surface area contributed by atoms with E-state index in [9.17, 15) is 14.7 Å². The number of nitrogens with zero attached hydrogens (tertiary/aromatic N) is 1. The van der Waals surface area contributed by atoms with E-state index in [1.165, 1.54) is 23.1 Å². The molecule has 0 fully saturated rings. The van der Waals surface area contributed by atoms with Gasteiger partial charge in [0.15, 0.2) is 5.75 Å². The molecule has 1 aromatic carbocycles. The number of nitrogens with one attached hydrogen (secondary N) is 1. The van der Waals surface area contributed by atoms with E-state index in [2.05, 4.69) is 5.32 Å². The van der Waals surface area contributed by atoms with Crippen LogP contribution in [0.1, 0.15) is 24.2 Å². The van der Waals surface area contributed by atoms with Gasteiger partial charge in [0.2, 0.25) is 0 Å². The Hall–Kier alpha value is -2.24. The quantitative estimate of drug-likeness (QED) is 0.717. The first-order valence-electron chi connectivity index (χ1n) is 5.43. The number of urea groups is 1. The standard InChI is InChI=1S/C12H16N2O4/c1-7(2)14(3)12(18)13-9-6-4-5-8(10(9)15)11(16)17/h4-7,15H,1-3H3,(H,13,18)(H,16,17). The summed E-state index contributed by atoms with van der Waals surface area (Å²) >= 11 is 0. The van der Waals surface area contributed by atoms with Gasteiger partial charge >= 0.3 is 12.0 Å². The predicted molar refractivity (Wildman–Crippen MR) is 67.0 cm³/mol. The van der Waals surface area contributed by atoms with Gasteiger partial charge in [0, 0.05) is 13.1 Å². The van der Waals surface area contributed by atoms with Crippen LogP contribution in [0.15, 0.2) is 18.2 Å². The first-order chi connectivity index (χ1) is 8.34. The molecule has 18 heavy (non-hydrogen) atoms.